The number of nitrogens with zero attached hydrogens (tertiary/aromatic N) is 2. The Morgan fingerprint density at radius 3 is 2.16 bits per heavy atom. The maximum absolute atomic E-state index is 13.0. The third-order valence-electron chi connectivity index (χ3n) is 5.05. The van der Waals surface area contributed by atoms with Gasteiger partial charge >= 0.3 is 0 Å². The normalized spacial score (nSPS) is 17.7. The molecule has 0 aromatic heterocycles. The maximum Gasteiger partial charge on any atom is 0.300 e. The Kier molecular flexibility index (Phi) is 4.96. The highest BCUT2D eigenvalue weighted by molar-refractivity contribution is 6.51. The molecule has 3 aromatic rings. The fraction of sp³-hybridized carbons (Fsp3) is 0.0435. The zero-order chi connectivity index (χ0) is 22.1. The molecule has 0 spiro atoms. The summed E-state index contributed by atoms with van der Waals surface area (Å²) in [6.45, 7) is 0. The van der Waals surface area contributed by atoms with Gasteiger partial charge in [0.15, 0.2) is 0 Å². The number of para-hydroxylation sites is 1. The number of benzene rings is 3. The summed E-state index contributed by atoms with van der Waals surface area (Å²) in [4.78, 5) is 38.2. The van der Waals surface area contributed by atoms with Gasteiger partial charge in [-0.25, -0.2) is 0 Å². The molecule has 1 saturated heterocycles. The molecule has 1 atom stereocenters. The van der Waals surface area contributed by atoms with Crippen LogP contribution in [0, 0.1) is 10.1 Å². The number of aliphatic hydroxyl groups is 1. The number of nitro benzene ring substituents is 1. The van der Waals surface area contributed by atoms with Crippen molar-refractivity contribution in [1.82, 2.24) is 0 Å². The van der Waals surface area contributed by atoms with Crippen LogP contribution in [0.3, 0.4) is 0 Å². The molecular weight excluding hydrogens is 400 g/mol. The van der Waals surface area contributed by atoms with Crippen LogP contribution in [0.2, 0.25) is 0 Å². The molecule has 4 rings (SSSR count). The van der Waals surface area contributed by atoms with Gasteiger partial charge in [0.2, 0.25) is 0 Å². The van der Waals surface area contributed by atoms with Crippen molar-refractivity contribution in [3.05, 3.63) is 106 Å². The molecule has 31 heavy (non-hydrogen) atoms. The van der Waals surface area contributed by atoms with E-state index in [0.717, 1.165) is 4.90 Å². The molecule has 8 heteroatoms. The highest BCUT2D eigenvalue weighted by atomic mass is 16.6. The molecule has 3 aromatic carbocycles. The molecule has 154 valence electrons. The van der Waals surface area contributed by atoms with E-state index in [1.807, 2.05) is 0 Å². The summed E-state index contributed by atoms with van der Waals surface area (Å²) in [6, 6.07) is 18.2. The Hall–Kier alpha value is -4.46. The lowest BCUT2D eigenvalue weighted by molar-refractivity contribution is -0.385. The SMILES string of the molecule is O=C1C(=O)N(c2ccc(O)cc2)[C@H](c2ccccc2[N+](=O)[O-])/C1=C(\O)c1ccccc1. The number of amides is 1. The Labute approximate surface area is 176 Å². The number of ketones is 1. The second kappa shape index (κ2) is 7.75. The van der Waals surface area contributed by atoms with Gasteiger partial charge in [0, 0.05) is 17.3 Å². The van der Waals surface area contributed by atoms with E-state index in [0.29, 0.717) is 5.56 Å². The minimum Gasteiger partial charge on any atom is -0.508 e. The molecule has 0 unspecified atom stereocenters. The first-order valence-electron chi connectivity index (χ1n) is 9.29. The lowest BCUT2D eigenvalue weighted by Crippen LogP contribution is -2.29. The van der Waals surface area contributed by atoms with Gasteiger partial charge in [-0.1, -0.05) is 42.5 Å². The minimum absolute atomic E-state index is 0.0492. The summed E-state index contributed by atoms with van der Waals surface area (Å²) in [7, 11) is 0. The fourth-order valence-corrected chi connectivity index (χ4v) is 3.64. The number of aromatic hydroxyl groups is 1. The Bertz CT molecular complexity index is 1220. The van der Waals surface area contributed by atoms with Gasteiger partial charge in [-0.15, -0.1) is 0 Å². The molecule has 2 N–H and O–H groups in total. The molecule has 0 aliphatic carbocycles. The van der Waals surface area contributed by atoms with Crippen LogP contribution in [-0.2, 0) is 9.59 Å². The molecule has 1 fully saturated rings. The monoisotopic (exact) mass is 416 g/mol. The van der Waals surface area contributed by atoms with Gasteiger partial charge in [0.1, 0.15) is 17.6 Å². The Morgan fingerprint density at radius 1 is 0.903 bits per heavy atom. The van der Waals surface area contributed by atoms with Crippen LogP contribution in [0.1, 0.15) is 17.2 Å². The van der Waals surface area contributed by atoms with E-state index in [4.69, 9.17) is 0 Å². The van der Waals surface area contributed by atoms with Crippen LogP contribution >= 0.6 is 0 Å². The van der Waals surface area contributed by atoms with Gasteiger partial charge < -0.3 is 10.2 Å². The molecular formula is C23H16N2O6. The van der Waals surface area contributed by atoms with E-state index >= 15 is 0 Å². The smallest absolute Gasteiger partial charge is 0.300 e. The van der Waals surface area contributed by atoms with E-state index in [-0.39, 0.29) is 28.3 Å². The minimum atomic E-state index is -1.23. The number of phenols is 1. The summed E-state index contributed by atoms with van der Waals surface area (Å²) in [5, 5.41) is 32.2. The first-order chi connectivity index (χ1) is 14.9. The van der Waals surface area contributed by atoms with Gasteiger partial charge in [-0.05, 0) is 30.3 Å². The number of nitro groups is 1. The average Bonchev–Trinajstić information content (AvgIpc) is 3.05. The first kappa shape index (κ1) is 19.8. The van der Waals surface area contributed by atoms with Crippen LogP contribution in [-0.4, -0.2) is 26.8 Å². The van der Waals surface area contributed by atoms with E-state index < -0.39 is 28.4 Å². The Morgan fingerprint density at radius 2 is 1.52 bits per heavy atom. The number of carbonyl (C=O) groups is 2. The summed E-state index contributed by atoms with van der Waals surface area (Å²) in [6.07, 6.45) is 0. The lowest BCUT2D eigenvalue weighted by Gasteiger charge is -2.25. The van der Waals surface area contributed by atoms with Crippen molar-refractivity contribution in [1.29, 1.82) is 0 Å². The second-order valence-corrected chi connectivity index (χ2v) is 6.87. The molecule has 0 saturated carbocycles. The highest BCUT2D eigenvalue weighted by Crippen LogP contribution is 2.44. The number of carbonyl (C=O) groups excluding carboxylic acids is 2. The van der Waals surface area contributed by atoms with Crippen LogP contribution in [0.15, 0.2) is 84.4 Å². The number of hydrogen-bond donors (Lipinski definition) is 2. The predicted octanol–water partition coefficient (Wildman–Crippen LogP) is 3.93. The molecule has 0 bridgehead atoms. The van der Waals surface area contributed by atoms with Crippen molar-refractivity contribution in [3.63, 3.8) is 0 Å². The summed E-state index contributed by atoms with van der Waals surface area (Å²) in [5.74, 6) is -2.38. The topological polar surface area (TPSA) is 121 Å². The fourth-order valence-electron chi connectivity index (χ4n) is 3.64. The van der Waals surface area contributed by atoms with Crippen molar-refractivity contribution >= 4 is 28.8 Å². The number of hydrogen-bond acceptors (Lipinski definition) is 6. The Balaban J connectivity index is 2.01. The summed E-state index contributed by atoms with van der Waals surface area (Å²) < 4.78 is 0. The van der Waals surface area contributed by atoms with Crippen molar-refractivity contribution in [2.45, 2.75) is 6.04 Å². The van der Waals surface area contributed by atoms with E-state index in [9.17, 15) is 29.9 Å². The van der Waals surface area contributed by atoms with Gasteiger partial charge in [-0.2, -0.15) is 0 Å². The van der Waals surface area contributed by atoms with Crippen molar-refractivity contribution < 1.29 is 24.7 Å². The second-order valence-electron chi connectivity index (χ2n) is 6.87. The van der Waals surface area contributed by atoms with Gasteiger partial charge in [-0.3, -0.25) is 24.6 Å². The molecule has 1 heterocycles. The van der Waals surface area contributed by atoms with Crippen molar-refractivity contribution in [3.8, 4) is 5.75 Å². The third kappa shape index (κ3) is 3.40. The van der Waals surface area contributed by atoms with E-state index in [2.05, 4.69) is 0 Å². The zero-order valence-electron chi connectivity index (χ0n) is 16.0. The van der Waals surface area contributed by atoms with Crippen LogP contribution in [0.25, 0.3) is 5.76 Å². The van der Waals surface area contributed by atoms with E-state index in [1.165, 1.54) is 42.5 Å². The van der Waals surface area contributed by atoms with Gasteiger partial charge in [0.05, 0.1) is 16.1 Å². The standard InChI is InChI=1S/C23H16N2O6/c26-16-12-10-15(11-13-16)24-20(17-8-4-5-9-18(17)25(30)31)19(22(28)23(24)29)21(27)14-6-2-1-3-7-14/h1-13,20,26-27H/b21-19+/t20-/m1/s1. The number of aliphatic hydroxyl groups excluding tert-OH is 1. The maximum atomic E-state index is 13.0. The van der Waals surface area contributed by atoms with Gasteiger partial charge in [0.25, 0.3) is 17.4 Å². The zero-order valence-corrected chi connectivity index (χ0v) is 16.0. The highest BCUT2D eigenvalue weighted by Gasteiger charge is 2.48. The van der Waals surface area contributed by atoms with Crippen molar-refractivity contribution in [2.75, 3.05) is 4.90 Å². The molecule has 8 nitrogen and oxygen atoms in total. The predicted molar refractivity (Wildman–Crippen MR) is 112 cm³/mol. The molecule has 1 amide bonds. The average molecular weight is 416 g/mol. The third-order valence-corrected chi connectivity index (χ3v) is 5.05. The molecule has 1 aliphatic rings. The molecule has 0 radical (unpaired) electrons. The number of Topliss-reactive ketones (excluding diaryl/α,β-unsaturated/α-hetero) is 1. The quantitative estimate of drug-likeness (QED) is 0.219. The van der Waals surface area contributed by atoms with E-state index in [1.54, 1.807) is 36.4 Å². The van der Waals surface area contributed by atoms with Crippen LogP contribution < -0.4 is 4.90 Å². The number of phenolic OH excluding ortho intramolecular Hbond substituents is 1. The van der Waals surface area contributed by atoms with Crippen LogP contribution in [0.5, 0.6) is 5.75 Å². The summed E-state index contributed by atoms with van der Waals surface area (Å²) in [5.41, 5.74) is 0.0814. The summed E-state index contributed by atoms with van der Waals surface area (Å²) >= 11 is 0. The van der Waals surface area contributed by atoms with Crippen molar-refractivity contribution in [2.24, 2.45) is 0 Å². The lowest BCUT2D eigenvalue weighted by atomic mass is 9.94. The first-order valence-corrected chi connectivity index (χ1v) is 9.29. The molecule has 1 aliphatic heterocycles. The van der Waals surface area contributed by atoms with Crippen LogP contribution in [0.4, 0.5) is 11.4 Å². The number of anilines is 1. The number of rotatable bonds is 4. The largest absolute Gasteiger partial charge is 0.508 e.